The van der Waals surface area contributed by atoms with Gasteiger partial charge in [0.15, 0.2) is 0 Å². The van der Waals surface area contributed by atoms with Gasteiger partial charge >= 0.3 is 6.03 Å². The molecule has 1 atom stereocenters. The van der Waals surface area contributed by atoms with Gasteiger partial charge in [0.1, 0.15) is 12.1 Å². The number of nitrogens with zero attached hydrogens (tertiary/aromatic N) is 3. The quantitative estimate of drug-likeness (QED) is 0.733. The molecule has 1 aliphatic rings. The van der Waals surface area contributed by atoms with E-state index in [4.69, 9.17) is 0 Å². The van der Waals surface area contributed by atoms with Gasteiger partial charge in [0.05, 0.1) is 11.4 Å². The fourth-order valence-corrected chi connectivity index (χ4v) is 2.79. The average molecular weight is 363 g/mol. The summed E-state index contributed by atoms with van der Waals surface area (Å²) in [7, 11) is 0. The number of para-hydroxylation sites is 1. The monoisotopic (exact) mass is 363 g/mol. The van der Waals surface area contributed by atoms with Crippen LogP contribution in [0.1, 0.15) is 11.1 Å². The zero-order chi connectivity index (χ0) is 18.8. The minimum Gasteiger partial charge on any atom is -0.320 e. The Bertz CT molecular complexity index is 1030. The summed E-state index contributed by atoms with van der Waals surface area (Å²) in [6, 6.07) is 13.0. The highest BCUT2D eigenvalue weighted by Gasteiger charge is 2.28. The number of benzodiazepines with no additional fused rings is 1. The van der Waals surface area contributed by atoms with Crippen molar-refractivity contribution in [1.82, 2.24) is 14.9 Å². The van der Waals surface area contributed by atoms with Crippen LogP contribution in [0.15, 0.2) is 72.2 Å². The average Bonchev–Trinajstić information content (AvgIpc) is 3.18. The first kappa shape index (κ1) is 16.6. The Morgan fingerprint density at radius 1 is 1.15 bits per heavy atom. The summed E-state index contributed by atoms with van der Waals surface area (Å²) in [5, 5.41) is 5.05. The van der Waals surface area contributed by atoms with Crippen molar-refractivity contribution < 1.29 is 14.0 Å². The number of carbonyl (C=O) groups excluding carboxylic acids is 2. The molecule has 1 aromatic heterocycles. The fraction of sp³-hybridized carbons (Fsp3) is 0.0526. The summed E-state index contributed by atoms with van der Waals surface area (Å²) in [4.78, 5) is 33.1. The van der Waals surface area contributed by atoms with Crippen LogP contribution in [-0.2, 0) is 4.79 Å². The lowest BCUT2D eigenvalue weighted by atomic mass is 10.0. The van der Waals surface area contributed by atoms with Gasteiger partial charge in [0.2, 0.25) is 6.17 Å². The molecule has 2 N–H and O–H groups in total. The van der Waals surface area contributed by atoms with Gasteiger partial charge in [0, 0.05) is 23.5 Å². The Hall–Kier alpha value is -3.81. The summed E-state index contributed by atoms with van der Waals surface area (Å²) in [5.41, 5.74) is 1.57. The van der Waals surface area contributed by atoms with Crippen molar-refractivity contribution in [3.05, 3.63) is 84.2 Å². The first-order valence-electron chi connectivity index (χ1n) is 8.15. The van der Waals surface area contributed by atoms with E-state index in [2.05, 4.69) is 20.6 Å². The molecule has 0 bridgehead atoms. The molecule has 4 rings (SSSR count). The molecular weight excluding hydrogens is 349 g/mol. The Kier molecular flexibility index (Phi) is 4.21. The van der Waals surface area contributed by atoms with E-state index >= 15 is 0 Å². The van der Waals surface area contributed by atoms with Crippen molar-refractivity contribution in [2.24, 2.45) is 4.99 Å². The van der Waals surface area contributed by atoms with Crippen LogP contribution in [0.3, 0.4) is 0 Å². The first-order valence-corrected chi connectivity index (χ1v) is 8.15. The van der Waals surface area contributed by atoms with Crippen LogP contribution in [0.25, 0.3) is 0 Å². The lowest BCUT2D eigenvalue weighted by Gasteiger charge is -2.13. The normalized spacial score (nSPS) is 16.0. The number of rotatable bonds is 2. The molecule has 0 saturated heterocycles. The SMILES string of the molecule is O=C1Nc2c(F)cccc2C(c2ccccc2)=N[C@@H]1NC(=O)n1ccnc1. The summed E-state index contributed by atoms with van der Waals surface area (Å²) >= 11 is 0. The highest BCUT2D eigenvalue weighted by Crippen LogP contribution is 2.26. The minimum atomic E-state index is -1.23. The number of hydrogen-bond acceptors (Lipinski definition) is 4. The smallest absolute Gasteiger partial charge is 0.320 e. The maximum Gasteiger partial charge on any atom is 0.328 e. The standard InChI is InChI=1S/C19H14FN5O2/c20-14-8-4-7-13-15(12-5-2-1-3-6-12)22-17(18(26)23-16(13)14)24-19(27)25-10-9-21-11-25/h1-11,17H,(H,23,26)(H,24,27)/t17-/m1/s1. The van der Waals surface area contributed by atoms with Crippen LogP contribution < -0.4 is 10.6 Å². The third-order valence-electron chi connectivity index (χ3n) is 4.07. The van der Waals surface area contributed by atoms with Crippen LogP contribution in [0.4, 0.5) is 14.9 Å². The fourth-order valence-electron chi connectivity index (χ4n) is 2.79. The van der Waals surface area contributed by atoms with E-state index in [0.29, 0.717) is 16.8 Å². The van der Waals surface area contributed by atoms with Crippen molar-refractivity contribution >= 4 is 23.3 Å². The summed E-state index contributed by atoms with van der Waals surface area (Å²) in [6.45, 7) is 0. The van der Waals surface area contributed by atoms with Crippen molar-refractivity contribution in [3.8, 4) is 0 Å². The second-order valence-corrected chi connectivity index (χ2v) is 5.82. The number of aromatic nitrogens is 2. The van der Waals surface area contributed by atoms with Gasteiger partial charge in [-0.1, -0.05) is 42.5 Å². The van der Waals surface area contributed by atoms with E-state index in [0.717, 1.165) is 0 Å². The van der Waals surface area contributed by atoms with E-state index in [9.17, 15) is 14.0 Å². The molecule has 2 heterocycles. The zero-order valence-electron chi connectivity index (χ0n) is 14.0. The number of carbonyl (C=O) groups is 2. The number of halogens is 1. The Morgan fingerprint density at radius 3 is 2.70 bits per heavy atom. The zero-order valence-corrected chi connectivity index (χ0v) is 14.0. The number of nitrogens with one attached hydrogen (secondary N) is 2. The molecule has 8 heteroatoms. The third-order valence-corrected chi connectivity index (χ3v) is 4.07. The second kappa shape index (κ2) is 6.83. The number of hydrogen-bond donors (Lipinski definition) is 2. The third kappa shape index (κ3) is 3.20. The molecule has 2 aromatic carbocycles. The number of anilines is 1. The van der Waals surface area contributed by atoms with E-state index in [1.807, 2.05) is 18.2 Å². The molecule has 0 saturated carbocycles. The van der Waals surface area contributed by atoms with Gasteiger partial charge in [-0.2, -0.15) is 0 Å². The molecule has 0 aliphatic carbocycles. The molecule has 0 spiro atoms. The topological polar surface area (TPSA) is 88.4 Å². The molecule has 7 nitrogen and oxygen atoms in total. The molecule has 1 aliphatic heterocycles. The van der Waals surface area contributed by atoms with Gasteiger partial charge in [-0.15, -0.1) is 0 Å². The van der Waals surface area contributed by atoms with E-state index < -0.39 is 23.9 Å². The molecular formula is C19H14FN5O2. The highest BCUT2D eigenvalue weighted by atomic mass is 19.1. The van der Waals surface area contributed by atoms with Crippen LogP contribution in [-0.4, -0.2) is 33.4 Å². The molecule has 134 valence electrons. The summed E-state index contributed by atoms with van der Waals surface area (Å²) in [6.07, 6.45) is 2.96. The summed E-state index contributed by atoms with van der Waals surface area (Å²) in [5.74, 6) is -1.22. The molecule has 0 unspecified atom stereocenters. The number of benzene rings is 2. The molecule has 3 aromatic rings. The largest absolute Gasteiger partial charge is 0.328 e. The van der Waals surface area contributed by atoms with Gasteiger partial charge in [-0.05, 0) is 6.07 Å². The number of imidazole rings is 1. The van der Waals surface area contributed by atoms with Gasteiger partial charge in [-0.25, -0.2) is 19.2 Å². The maximum absolute atomic E-state index is 14.4. The van der Waals surface area contributed by atoms with E-state index in [1.165, 1.54) is 29.4 Å². The van der Waals surface area contributed by atoms with Crippen LogP contribution >= 0.6 is 0 Å². The van der Waals surface area contributed by atoms with Gasteiger partial charge in [0.25, 0.3) is 5.91 Å². The van der Waals surface area contributed by atoms with Crippen molar-refractivity contribution in [2.45, 2.75) is 6.17 Å². The predicted molar refractivity (Wildman–Crippen MR) is 97.1 cm³/mol. The van der Waals surface area contributed by atoms with Crippen LogP contribution in [0.2, 0.25) is 0 Å². The summed E-state index contributed by atoms with van der Waals surface area (Å²) < 4.78 is 15.5. The highest BCUT2D eigenvalue weighted by molar-refractivity contribution is 6.19. The number of aliphatic imine (C=N–C) groups is 1. The molecule has 0 fully saturated rings. The van der Waals surface area contributed by atoms with Crippen molar-refractivity contribution in [3.63, 3.8) is 0 Å². The lowest BCUT2D eigenvalue weighted by Crippen LogP contribution is -2.43. The lowest BCUT2D eigenvalue weighted by molar-refractivity contribution is -0.117. The van der Waals surface area contributed by atoms with Crippen molar-refractivity contribution in [1.29, 1.82) is 0 Å². The van der Waals surface area contributed by atoms with Crippen molar-refractivity contribution in [2.75, 3.05) is 5.32 Å². The van der Waals surface area contributed by atoms with Crippen LogP contribution in [0.5, 0.6) is 0 Å². The number of amides is 2. The molecule has 27 heavy (non-hydrogen) atoms. The minimum absolute atomic E-state index is 0.0319. The van der Waals surface area contributed by atoms with Gasteiger partial charge in [-0.3, -0.25) is 9.36 Å². The molecule has 0 radical (unpaired) electrons. The van der Waals surface area contributed by atoms with Crippen LogP contribution in [0, 0.1) is 5.82 Å². The van der Waals surface area contributed by atoms with E-state index in [1.54, 1.807) is 24.3 Å². The van der Waals surface area contributed by atoms with E-state index in [-0.39, 0.29) is 5.69 Å². The van der Waals surface area contributed by atoms with Gasteiger partial charge < -0.3 is 10.6 Å². The molecule has 2 amide bonds. The predicted octanol–water partition coefficient (Wildman–Crippen LogP) is 2.40. The second-order valence-electron chi connectivity index (χ2n) is 5.82. The Labute approximate surface area is 153 Å². The first-order chi connectivity index (χ1) is 13.1. The Morgan fingerprint density at radius 2 is 1.96 bits per heavy atom. The Balaban J connectivity index is 1.79. The maximum atomic E-state index is 14.4. The number of fused-ring (bicyclic) bond motifs is 1.